The molecule has 8 heteroatoms. The lowest BCUT2D eigenvalue weighted by Gasteiger charge is -2.28. The summed E-state index contributed by atoms with van der Waals surface area (Å²) in [6, 6.07) is 13.3. The summed E-state index contributed by atoms with van der Waals surface area (Å²) in [5, 5.41) is 2.15. The summed E-state index contributed by atoms with van der Waals surface area (Å²) in [7, 11) is 0. The Morgan fingerprint density at radius 1 is 0.906 bits per heavy atom. The van der Waals surface area contributed by atoms with Gasteiger partial charge in [-0.1, -0.05) is 42.5 Å². The van der Waals surface area contributed by atoms with Crippen molar-refractivity contribution in [1.82, 2.24) is 0 Å². The van der Waals surface area contributed by atoms with E-state index < -0.39 is 47.7 Å². The van der Waals surface area contributed by atoms with Crippen LogP contribution in [0.5, 0.6) is 0 Å². The largest absolute Gasteiger partial charge is 0.455 e. The fraction of sp³-hybridized carbons (Fsp3) is 0.375. The number of carbonyl (C=O) groups is 3. The number of ether oxygens (including phenoxy) is 1. The number of rotatable bonds is 6. The molecule has 2 aliphatic carbocycles. The van der Waals surface area contributed by atoms with Crippen molar-refractivity contribution in [2.24, 2.45) is 23.7 Å². The van der Waals surface area contributed by atoms with E-state index in [1.54, 1.807) is 30.3 Å². The number of anilines is 1. The highest BCUT2D eigenvalue weighted by atomic mass is 19.4. The van der Waals surface area contributed by atoms with Gasteiger partial charge in [0.1, 0.15) is 0 Å². The maximum atomic E-state index is 13.1. The van der Waals surface area contributed by atoms with Crippen LogP contribution in [0.2, 0.25) is 0 Å². The molecule has 168 valence electrons. The van der Waals surface area contributed by atoms with Crippen LogP contribution in [-0.2, 0) is 20.5 Å². The molecule has 0 aromatic heterocycles. The van der Waals surface area contributed by atoms with Gasteiger partial charge in [-0.05, 0) is 43.2 Å². The van der Waals surface area contributed by atoms with E-state index in [1.807, 2.05) is 0 Å². The smallest absolute Gasteiger partial charge is 0.418 e. The van der Waals surface area contributed by atoms with Gasteiger partial charge in [-0.2, -0.15) is 13.2 Å². The molecule has 4 rings (SSSR count). The van der Waals surface area contributed by atoms with Crippen molar-refractivity contribution in [1.29, 1.82) is 0 Å². The fourth-order valence-corrected chi connectivity index (χ4v) is 5.06. The van der Waals surface area contributed by atoms with Crippen LogP contribution in [0.3, 0.4) is 0 Å². The number of para-hydroxylation sites is 1. The number of hydrogen-bond acceptors (Lipinski definition) is 4. The van der Waals surface area contributed by atoms with E-state index in [0.29, 0.717) is 5.56 Å². The molecule has 2 aromatic rings. The Bertz CT molecular complexity index is 1020. The number of esters is 1. The third-order valence-electron chi connectivity index (χ3n) is 6.40. The average molecular weight is 445 g/mol. The summed E-state index contributed by atoms with van der Waals surface area (Å²) in [5.74, 6) is -2.66. The summed E-state index contributed by atoms with van der Waals surface area (Å²) in [6.45, 7) is -0.717. The van der Waals surface area contributed by atoms with Crippen molar-refractivity contribution in [2.75, 3.05) is 11.9 Å². The Hall–Kier alpha value is -3.16. The van der Waals surface area contributed by atoms with Gasteiger partial charge in [-0.3, -0.25) is 14.4 Å². The van der Waals surface area contributed by atoms with Crippen molar-refractivity contribution in [2.45, 2.75) is 25.4 Å². The van der Waals surface area contributed by atoms with Gasteiger partial charge in [0.2, 0.25) is 0 Å². The van der Waals surface area contributed by atoms with Gasteiger partial charge < -0.3 is 10.1 Å². The first-order valence-electron chi connectivity index (χ1n) is 10.5. The van der Waals surface area contributed by atoms with Crippen molar-refractivity contribution in [3.8, 4) is 0 Å². The van der Waals surface area contributed by atoms with Crippen molar-refractivity contribution >= 4 is 23.3 Å². The van der Waals surface area contributed by atoms with E-state index in [2.05, 4.69) is 5.32 Å². The van der Waals surface area contributed by atoms with Crippen molar-refractivity contribution in [3.63, 3.8) is 0 Å². The molecule has 0 spiro atoms. The molecule has 2 aromatic carbocycles. The SMILES string of the molecule is O=C(COC(=O)[C@H]1[C@H]2CC[C@@H](C2)[C@H]1C(=O)c1ccccc1)Nc1ccccc1C(F)(F)F. The number of fused-ring (bicyclic) bond motifs is 2. The first-order valence-corrected chi connectivity index (χ1v) is 10.5. The summed E-state index contributed by atoms with van der Waals surface area (Å²) in [5.41, 5.74) is -0.858. The van der Waals surface area contributed by atoms with Gasteiger partial charge in [-0.25, -0.2) is 0 Å². The van der Waals surface area contributed by atoms with Crippen LogP contribution in [0, 0.1) is 23.7 Å². The van der Waals surface area contributed by atoms with E-state index in [0.717, 1.165) is 31.4 Å². The molecule has 0 aliphatic heterocycles. The molecule has 1 amide bonds. The van der Waals surface area contributed by atoms with Crippen LogP contribution in [0.1, 0.15) is 35.2 Å². The number of alkyl halides is 3. The zero-order valence-corrected chi connectivity index (χ0v) is 17.1. The summed E-state index contributed by atoms with van der Waals surface area (Å²) >= 11 is 0. The standard InChI is InChI=1S/C24H22F3NO4/c25-24(26,27)17-8-4-5-9-18(17)28-19(29)13-32-23(31)21-16-11-10-15(12-16)20(21)22(30)14-6-2-1-3-7-14/h1-9,15-16,20-21H,10-13H2,(H,28,29)/t15-,16-,20+,21-/m0/s1. The molecule has 5 nitrogen and oxygen atoms in total. The van der Waals surface area contributed by atoms with Crippen LogP contribution in [0.25, 0.3) is 0 Å². The molecule has 1 N–H and O–H groups in total. The van der Waals surface area contributed by atoms with E-state index in [1.165, 1.54) is 12.1 Å². The number of nitrogens with one attached hydrogen (secondary N) is 1. The van der Waals surface area contributed by atoms with E-state index in [9.17, 15) is 27.6 Å². The zero-order chi connectivity index (χ0) is 22.9. The van der Waals surface area contributed by atoms with Crippen molar-refractivity contribution in [3.05, 3.63) is 65.7 Å². The molecule has 2 aliphatic rings. The summed E-state index contributed by atoms with van der Waals surface area (Å²) in [4.78, 5) is 38.1. The highest BCUT2D eigenvalue weighted by Crippen LogP contribution is 2.53. The van der Waals surface area contributed by atoms with Crippen LogP contribution in [-0.4, -0.2) is 24.3 Å². The molecule has 0 unspecified atom stereocenters. The van der Waals surface area contributed by atoms with Crippen LogP contribution in [0.4, 0.5) is 18.9 Å². The number of amides is 1. The van der Waals surface area contributed by atoms with Gasteiger partial charge in [0.15, 0.2) is 12.4 Å². The average Bonchev–Trinajstić information content (AvgIpc) is 3.39. The lowest BCUT2D eigenvalue weighted by atomic mass is 9.75. The number of ketones is 1. The summed E-state index contributed by atoms with van der Waals surface area (Å²) in [6.07, 6.45) is -2.19. The maximum Gasteiger partial charge on any atom is 0.418 e. The van der Waals surface area contributed by atoms with Crippen LogP contribution >= 0.6 is 0 Å². The minimum atomic E-state index is -4.63. The number of hydrogen-bond donors (Lipinski definition) is 1. The highest BCUT2D eigenvalue weighted by Gasteiger charge is 2.54. The lowest BCUT2D eigenvalue weighted by molar-refractivity contribution is -0.154. The van der Waals surface area contributed by atoms with Gasteiger partial charge >= 0.3 is 12.1 Å². The zero-order valence-electron chi connectivity index (χ0n) is 17.1. The van der Waals surface area contributed by atoms with Gasteiger partial charge in [-0.15, -0.1) is 0 Å². The number of carbonyl (C=O) groups excluding carboxylic acids is 3. The van der Waals surface area contributed by atoms with E-state index in [-0.39, 0.29) is 17.6 Å². The van der Waals surface area contributed by atoms with E-state index in [4.69, 9.17) is 4.74 Å². The normalized spacial score (nSPS) is 24.2. The molecule has 0 radical (unpaired) electrons. The van der Waals surface area contributed by atoms with Gasteiger partial charge in [0, 0.05) is 11.5 Å². The minimum Gasteiger partial charge on any atom is -0.455 e. The monoisotopic (exact) mass is 445 g/mol. The molecular formula is C24H22F3NO4. The van der Waals surface area contributed by atoms with Crippen LogP contribution in [0.15, 0.2) is 54.6 Å². The predicted octanol–water partition coefficient (Wildman–Crippen LogP) is 4.73. The molecule has 2 saturated carbocycles. The second-order valence-electron chi connectivity index (χ2n) is 8.31. The number of benzene rings is 2. The Kier molecular flexibility index (Phi) is 6.04. The summed E-state index contributed by atoms with van der Waals surface area (Å²) < 4.78 is 44.5. The molecule has 2 bridgehead atoms. The topological polar surface area (TPSA) is 72.5 Å². The van der Waals surface area contributed by atoms with Crippen LogP contribution < -0.4 is 5.32 Å². The molecule has 2 fully saturated rings. The molecule has 0 heterocycles. The van der Waals surface area contributed by atoms with Crippen molar-refractivity contribution < 1.29 is 32.3 Å². The van der Waals surface area contributed by atoms with Gasteiger partial charge in [0.05, 0.1) is 17.2 Å². The Labute approximate surface area is 183 Å². The molecule has 0 saturated heterocycles. The third kappa shape index (κ3) is 4.40. The predicted molar refractivity (Wildman–Crippen MR) is 110 cm³/mol. The number of Topliss-reactive ketones (excluding diaryl/α,β-unsaturated/α-hetero) is 1. The van der Waals surface area contributed by atoms with Gasteiger partial charge in [0.25, 0.3) is 5.91 Å². The lowest BCUT2D eigenvalue weighted by Crippen LogP contribution is -2.37. The molecular weight excluding hydrogens is 423 g/mol. The first-order chi connectivity index (χ1) is 15.3. The first kappa shape index (κ1) is 22.0. The Balaban J connectivity index is 1.41. The highest BCUT2D eigenvalue weighted by molar-refractivity contribution is 6.01. The molecule has 32 heavy (non-hydrogen) atoms. The number of halogens is 3. The maximum absolute atomic E-state index is 13.1. The third-order valence-corrected chi connectivity index (χ3v) is 6.40. The molecule has 4 atom stereocenters. The second kappa shape index (κ2) is 8.76. The minimum absolute atomic E-state index is 0.0131. The fourth-order valence-electron chi connectivity index (χ4n) is 5.06. The Morgan fingerprint density at radius 2 is 1.53 bits per heavy atom. The second-order valence-corrected chi connectivity index (χ2v) is 8.31. The quantitative estimate of drug-likeness (QED) is 0.515. The van der Waals surface area contributed by atoms with E-state index >= 15 is 0 Å². The Morgan fingerprint density at radius 3 is 2.22 bits per heavy atom.